The van der Waals surface area contributed by atoms with Gasteiger partial charge in [0.15, 0.2) is 16.9 Å². The second kappa shape index (κ2) is 7.36. The molecule has 1 amide bonds. The van der Waals surface area contributed by atoms with Crippen LogP contribution in [0.25, 0.3) is 21.8 Å². The minimum atomic E-state index is -0.300. The summed E-state index contributed by atoms with van der Waals surface area (Å²) in [6.07, 6.45) is 1.54. The molecule has 0 spiro atoms. The van der Waals surface area contributed by atoms with Crippen LogP contribution in [-0.4, -0.2) is 23.5 Å². The van der Waals surface area contributed by atoms with Gasteiger partial charge in [-0.3, -0.25) is 9.59 Å². The number of hydrogen-bond acceptors (Lipinski definition) is 5. The maximum absolute atomic E-state index is 12.8. The topological polar surface area (TPSA) is 81.9 Å². The van der Waals surface area contributed by atoms with Crippen LogP contribution in [0.1, 0.15) is 5.56 Å². The third-order valence-electron chi connectivity index (χ3n) is 4.98. The van der Waals surface area contributed by atoms with E-state index >= 15 is 0 Å². The Morgan fingerprint density at radius 1 is 0.967 bits per heavy atom. The van der Waals surface area contributed by atoms with E-state index in [4.69, 9.17) is 9.47 Å². The number of fused-ring (bicyclic) bond motifs is 3. The summed E-state index contributed by atoms with van der Waals surface area (Å²) in [5.41, 5.74) is 4.69. The lowest BCUT2D eigenvalue weighted by molar-refractivity contribution is -0.121. The van der Waals surface area contributed by atoms with Gasteiger partial charge >= 0.3 is 0 Å². The van der Waals surface area contributed by atoms with E-state index in [9.17, 15) is 9.59 Å². The first-order valence-corrected chi connectivity index (χ1v) is 9.42. The number of nitrogens with one attached hydrogen (secondary N) is 1. The molecular formula is C23H17N3O4. The summed E-state index contributed by atoms with van der Waals surface area (Å²) in [5.74, 6) is 1.04. The highest BCUT2D eigenvalue weighted by molar-refractivity contribution is 5.95. The lowest BCUT2D eigenvalue weighted by atomic mass is 10.1. The van der Waals surface area contributed by atoms with Crippen molar-refractivity contribution in [2.45, 2.75) is 6.54 Å². The molecule has 1 aliphatic rings. The van der Waals surface area contributed by atoms with E-state index in [1.54, 1.807) is 30.5 Å². The van der Waals surface area contributed by atoms with Crippen molar-refractivity contribution in [2.24, 2.45) is 5.10 Å². The average Bonchev–Trinajstić information content (AvgIpc) is 3.25. The van der Waals surface area contributed by atoms with Gasteiger partial charge in [-0.2, -0.15) is 5.10 Å². The zero-order valence-electron chi connectivity index (χ0n) is 15.9. The summed E-state index contributed by atoms with van der Waals surface area (Å²) < 4.78 is 12.4. The first-order valence-electron chi connectivity index (χ1n) is 9.42. The highest BCUT2D eigenvalue weighted by Crippen LogP contribution is 2.31. The number of hydrogen-bond donors (Lipinski definition) is 1. The minimum absolute atomic E-state index is 0.0276. The van der Waals surface area contributed by atoms with E-state index in [0.717, 1.165) is 5.56 Å². The molecule has 1 aliphatic heterocycles. The zero-order valence-corrected chi connectivity index (χ0v) is 15.9. The fraction of sp³-hybridized carbons (Fsp3) is 0.0870. The monoisotopic (exact) mass is 399 g/mol. The van der Waals surface area contributed by atoms with E-state index in [2.05, 4.69) is 10.5 Å². The third-order valence-corrected chi connectivity index (χ3v) is 4.98. The summed E-state index contributed by atoms with van der Waals surface area (Å²) in [4.78, 5) is 25.4. The van der Waals surface area contributed by atoms with Crippen molar-refractivity contribution < 1.29 is 14.3 Å². The molecule has 2 heterocycles. The van der Waals surface area contributed by atoms with Crippen LogP contribution in [0, 0.1) is 0 Å². The fourth-order valence-electron chi connectivity index (χ4n) is 3.60. The van der Waals surface area contributed by atoms with Crippen molar-refractivity contribution in [3.05, 3.63) is 82.5 Å². The lowest BCUT2D eigenvalue weighted by Crippen LogP contribution is -2.25. The maximum Gasteiger partial charge on any atom is 0.260 e. The Morgan fingerprint density at radius 2 is 1.63 bits per heavy atom. The van der Waals surface area contributed by atoms with E-state index in [1.165, 1.54) is 0 Å². The highest BCUT2D eigenvalue weighted by Gasteiger charge is 2.14. The smallest absolute Gasteiger partial charge is 0.260 e. The molecule has 5 rings (SSSR count). The number of benzene rings is 3. The van der Waals surface area contributed by atoms with E-state index in [1.807, 2.05) is 47.0 Å². The molecule has 7 nitrogen and oxygen atoms in total. The Kier molecular flexibility index (Phi) is 4.40. The molecule has 0 bridgehead atoms. The van der Waals surface area contributed by atoms with Crippen LogP contribution in [0.15, 0.2) is 76.6 Å². The summed E-state index contributed by atoms with van der Waals surface area (Å²) in [7, 11) is 0. The summed E-state index contributed by atoms with van der Waals surface area (Å²) in [6.45, 7) is 0.230. The maximum atomic E-state index is 12.8. The Balaban J connectivity index is 1.42. The van der Waals surface area contributed by atoms with Gasteiger partial charge < -0.3 is 14.0 Å². The highest BCUT2D eigenvalue weighted by atomic mass is 16.7. The number of aromatic nitrogens is 1. The van der Waals surface area contributed by atoms with Gasteiger partial charge in [0.1, 0.15) is 6.54 Å². The van der Waals surface area contributed by atoms with Gasteiger partial charge in [-0.1, -0.05) is 24.3 Å². The molecule has 148 valence electrons. The second-order valence-electron chi connectivity index (χ2n) is 6.86. The molecule has 1 aromatic heterocycles. The van der Waals surface area contributed by atoms with Crippen molar-refractivity contribution in [2.75, 3.05) is 6.79 Å². The molecule has 0 atom stereocenters. The minimum Gasteiger partial charge on any atom is -0.454 e. The van der Waals surface area contributed by atoms with Crippen LogP contribution < -0.4 is 20.3 Å². The Bertz CT molecular complexity index is 1310. The predicted octanol–water partition coefficient (Wildman–Crippen LogP) is 3.03. The SMILES string of the molecule is O=C(Cn1c2ccccc2c(=O)c2ccccc21)NN=Cc1ccc2c(c1)OCO2. The van der Waals surface area contributed by atoms with Crippen LogP contribution >= 0.6 is 0 Å². The van der Waals surface area contributed by atoms with E-state index in [-0.39, 0.29) is 24.7 Å². The number of hydrazone groups is 1. The first kappa shape index (κ1) is 17.9. The molecule has 4 aromatic rings. The Morgan fingerprint density at radius 3 is 2.37 bits per heavy atom. The molecular weight excluding hydrogens is 382 g/mol. The lowest BCUT2D eigenvalue weighted by Gasteiger charge is -2.14. The molecule has 1 N–H and O–H groups in total. The molecule has 0 saturated heterocycles. The van der Waals surface area contributed by atoms with Crippen molar-refractivity contribution in [3.8, 4) is 11.5 Å². The third kappa shape index (κ3) is 3.16. The molecule has 0 fully saturated rings. The van der Waals surface area contributed by atoms with Crippen molar-refractivity contribution >= 4 is 33.9 Å². The second-order valence-corrected chi connectivity index (χ2v) is 6.86. The molecule has 0 aliphatic carbocycles. The Hall–Kier alpha value is -4.13. The standard InChI is InChI=1S/C23H17N3O4/c27-22(25-24-12-15-9-10-20-21(11-15)30-14-29-20)13-26-18-7-3-1-5-16(18)23(28)17-6-2-4-8-19(17)26/h1-12H,13-14H2,(H,25,27). The van der Waals surface area contributed by atoms with E-state index in [0.29, 0.717) is 33.3 Å². The largest absolute Gasteiger partial charge is 0.454 e. The number of ether oxygens (including phenoxy) is 2. The number of nitrogens with zero attached hydrogens (tertiary/aromatic N) is 2. The van der Waals surface area contributed by atoms with Gasteiger partial charge in [-0.15, -0.1) is 0 Å². The number of pyridine rings is 1. The quantitative estimate of drug-likeness (QED) is 0.325. The fourth-order valence-corrected chi connectivity index (χ4v) is 3.60. The first-order chi connectivity index (χ1) is 14.7. The van der Waals surface area contributed by atoms with Crippen LogP contribution in [0.4, 0.5) is 0 Å². The van der Waals surface area contributed by atoms with Gasteiger partial charge in [0.25, 0.3) is 5.91 Å². The normalized spacial score (nSPS) is 12.7. The van der Waals surface area contributed by atoms with Gasteiger partial charge in [0.2, 0.25) is 6.79 Å². The van der Waals surface area contributed by atoms with Crippen molar-refractivity contribution in [1.82, 2.24) is 9.99 Å². The van der Waals surface area contributed by atoms with Gasteiger partial charge in [0, 0.05) is 10.8 Å². The molecule has 0 radical (unpaired) electrons. The van der Waals surface area contributed by atoms with E-state index < -0.39 is 0 Å². The molecule has 0 unspecified atom stereocenters. The van der Waals surface area contributed by atoms with Crippen molar-refractivity contribution in [3.63, 3.8) is 0 Å². The van der Waals surface area contributed by atoms with Crippen molar-refractivity contribution in [1.29, 1.82) is 0 Å². The number of carbonyl (C=O) groups excluding carboxylic acids is 1. The Labute approximate surface area is 171 Å². The number of carbonyl (C=O) groups is 1. The molecule has 7 heteroatoms. The summed E-state index contributed by atoms with van der Waals surface area (Å²) in [6, 6.07) is 20.0. The van der Waals surface area contributed by atoms with Gasteiger partial charge in [-0.25, -0.2) is 5.43 Å². The molecule has 3 aromatic carbocycles. The summed E-state index contributed by atoms with van der Waals surface area (Å²) in [5, 5.41) is 5.20. The van der Waals surface area contributed by atoms with Crippen LogP contribution in [0.2, 0.25) is 0 Å². The predicted molar refractivity (Wildman–Crippen MR) is 114 cm³/mol. The summed E-state index contributed by atoms with van der Waals surface area (Å²) >= 11 is 0. The number of rotatable bonds is 4. The van der Waals surface area contributed by atoms with Gasteiger partial charge in [0.05, 0.1) is 17.2 Å². The molecule has 30 heavy (non-hydrogen) atoms. The zero-order chi connectivity index (χ0) is 20.5. The van der Waals surface area contributed by atoms with Gasteiger partial charge in [-0.05, 0) is 48.0 Å². The average molecular weight is 399 g/mol. The van der Waals surface area contributed by atoms with Crippen LogP contribution in [0.5, 0.6) is 11.5 Å². The number of para-hydroxylation sites is 2. The van der Waals surface area contributed by atoms with Crippen LogP contribution in [0.3, 0.4) is 0 Å². The van der Waals surface area contributed by atoms with Crippen LogP contribution in [-0.2, 0) is 11.3 Å². The number of amides is 1. The molecule has 0 saturated carbocycles.